The molecule has 0 bridgehead atoms. The van der Waals surface area contributed by atoms with Crippen LogP contribution >= 0.6 is 24.0 Å². The Morgan fingerprint density at radius 3 is 2.61 bits per heavy atom. The Balaban J connectivity index is 0.00000341. The number of piperidine rings is 1. The van der Waals surface area contributed by atoms with E-state index in [0.29, 0.717) is 24.9 Å². The van der Waals surface area contributed by atoms with Crippen LogP contribution in [0.15, 0.2) is 17.1 Å². The number of halogens is 1. The summed E-state index contributed by atoms with van der Waals surface area (Å²) in [5.41, 5.74) is 3.63. The Morgan fingerprint density at radius 1 is 1.23 bits per heavy atom. The molecule has 1 saturated heterocycles. The Kier molecular flexibility index (Phi) is 10.3. The zero-order chi connectivity index (χ0) is 21.5. The predicted molar refractivity (Wildman–Crippen MR) is 136 cm³/mol. The summed E-state index contributed by atoms with van der Waals surface area (Å²) in [4.78, 5) is 20.6. The van der Waals surface area contributed by atoms with E-state index in [-0.39, 0.29) is 29.9 Å². The van der Waals surface area contributed by atoms with Crippen molar-refractivity contribution in [3.8, 4) is 5.75 Å². The number of phenols is 1. The van der Waals surface area contributed by atoms with Gasteiger partial charge in [-0.2, -0.15) is 0 Å². The maximum atomic E-state index is 11.9. The van der Waals surface area contributed by atoms with Crippen molar-refractivity contribution < 1.29 is 9.90 Å². The number of aromatic hydroxyl groups is 1. The molecule has 3 N–H and O–H groups in total. The molecule has 174 valence electrons. The minimum absolute atomic E-state index is 0. The molecule has 1 aromatic carbocycles. The zero-order valence-electron chi connectivity index (χ0n) is 19.1. The van der Waals surface area contributed by atoms with E-state index < -0.39 is 0 Å². The minimum Gasteiger partial charge on any atom is -0.508 e. The highest BCUT2D eigenvalue weighted by atomic mass is 127. The minimum atomic E-state index is 0. The van der Waals surface area contributed by atoms with E-state index in [4.69, 9.17) is 4.99 Å². The van der Waals surface area contributed by atoms with E-state index in [1.54, 1.807) is 19.0 Å². The third-order valence-corrected chi connectivity index (χ3v) is 6.15. The fourth-order valence-electron chi connectivity index (χ4n) is 4.31. The van der Waals surface area contributed by atoms with Crippen LogP contribution < -0.4 is 10.6 Å². The van der Waals surface area contributed by atoms with Crippen LogP contribution in [0.3, 0.4) is 0 Å². The number of guanidine groups is 1. The lowest BCUT2D eigenvalue weighted by molar-refractivity contribution is -0.130. The number of hydrogen-bond donors (Lipinski definition) is 3. The average Bonchev–Trinajstić information content (AvgIpc) is 2.74. The summed E-state index contributed by atoms with van der Waals surface area (Å²) in [6.45, 7) is 5.65. The van der Waals surface area contributed by atoms with Crippen molar-refractivity contribution in [3.63, 3.8) is 0 Å². The highest BCUT2D eigenvalue weighted by Crippen LogP contribution is 2.31. The SMILES string of the molecule is CCNC(=NCc1c(O)ccc2c1CCCC2)NC1CCN(CC(=O)N(C)C)CC1.I. The monoisotopic (exact) mass is 543 g/mol. The van der Waals surface area contributed by atoms with Crippen LogP contribution in [-0.4, -0.2) is 73.1 Å². The van der Waals surface area contributed by atoms with Crippen molar-refractivity contribution in [3.05, 3.63) is 28.8 Å². The van der Waals surface area contributed by atoms with Gasteiger partial charge in [-0.05, 0) is 62.6 Å². The van der Waals surface area contributed by atoms with Crippen LogP contribution in [0.25, 0.3) is 0 Å². The molecule has 0 atom stereocenters. The number of likely N-dealkylation sites (N-methyl/N-ethyl adjacent to an activating group) is 1. The van der Waals surface area contributed by atoms with E-state index in [9.17, 15) is 9.90 Å². The molecule has 1 amide bonds. The first-order valence-corrected chi connectivity index (χ1v) is 11.3. The molecule has 1 aliphatic heterocycles. The Labute approximate surface area is 203 Å². The normalized spacial score (nSPS) is 17.5. The van der Waals surface area contributed by atoms with Gasteiger partial charge in [0.2, 0.25) is 5.91 Å². The molecule has 1 aliphatic carbocycles. The highest BCUT2D eigenvalue weighted by molar-refractivity contribution is 14.0. The first kappa shape index (κ1) is 25.7. The maximum absolute atomic E-state index is 11.9. The van der Waals surface area contributed by atoms with Gasteiger partial charge in [0.05, 0.1) is 13.1 Å². The lowest BCUT2D eigenvalue weighted by Crippen LogP contribution is -2.50. The lowest BCUT2D eigenvalue weighted by Gasteiger charge is -2.33. The molecule has 8 heteroatoms. The van der Waals surface area contributed by atoms with Gasteiger partial charge in [-0.25, -0.2) is 4.99 Å². The number of carbonyl (C=O) groups excluding carboxylic acids is 1. The van der Waals surface area contributed by atoms with E-state index in [2.05, 4.69) is 28.5 Å². The number of aliphatic imine (C=N–C) groups is 1. The van der Waals surface area contributed by atoms with Crippen molar-refractivity contribution >= 4 is 35.8 Å². The van der Waals surface area contributed by atoms with Crippen LogP contribution in [0.4, 0.5) is 0 Å². The summed E-state index contributed by atoms with van der Waals surface area (Å²) >= 11 is 0. The molecule has 0 saturated carbocycles. The third kappa shape index (κ3) is 7.24. The first-order valence-electron chi connectivity index (χ1n) is 11.3. The Hall–Kier alpha value is -1.55. The Bertz CT molecular complexity index is 761. The molecule has 0 spiro atoms. The average molecular weight is 543 g/mol. The molecule has 1 heterocycles. The standard InChI is InChI=1S/C23H37N5O2.HI/c1-4-24-23(26-18-11-13-28(14-12-18)16-22(30)27(2)3)25-15-20-19-8-6-5-7-17(19)9-10-21(20)29;/h9-10,18,29H,4-8,11-16H2,1-3H3,(H2,24,25,26);1H. The summed E-state index contributed by atoms with van der Waals surface area (Å²) in [5, 5.41) is 17.3. The predicted octanol–water partition coefficient (Wildman–Crippen LogP) is 2.50. The third-order valence-electron chi connectivity index (χ3n) is 6.15. The number of aryl methyl sites for hydroxylation is 1. The summed E-state index contributed by atoms with van der Waals surface area (Å²) in [5.74, 6) is 1.31. The van der Waals surface area contributed by atoms with Crippen LogP contribution in [0.2, 0.25) is 0 Å². The summed E-state index contributed by atoms with van der Waals surface area (Å²) < 4.78 is 0. The van der Waals surface area contributed by atoms with Gasteiger partial charge in [0, 0.05) is 45.3 Å². The number of likely N-dealkylation sites (tertiary alicyclic amines) is 1. The maximum Gasteiger partial charge on any atom is 0.236 e. The van der Waals surface area contributed by atoms with Gasteiger partial charge in [0.15, 0.2) is 5.96 Å². The van der Waals surface area contributed by atoms with Gasteiger partial charge < -0.3 is 20.6 Å². The number of fused-ring (bicyclic) bond motifs is 1. The van der Waals surface area contributed by atoms with Crippen molar-refractivity contribution in [1.29, 1.82) is 0 Å². The van der Waals surface area contributed by atoms with Crippen LogP contribution in [0, 0.1) is 0 Å². The number of benzene rings is 1. The van der Waals surface area contributed by atoms with Gasteiger partial charge in [-0.15, -0.1) is 24.0 Å². The second-order valence-corrected chi connectivity index (χ2v) is 8.59. The van der Waals surface area contributed by atoms with Crippen LogP contribution in [0.5, 0.6) is 5.75 Å². The number of carbonyl (C=O) groups is 1. The molecular formula is C23H38IN5O2. The van der Waals surface area contributed by atoms with Gasteiger partial charge in [-0.3, -0.25) is 9.69 Å². The molecular weight excluding hydrogens is 505 g/mol. The molecule has 31 heavy (non-hydrogen) atoms. The molecule has 7 nitrogen and oxygen atoms in total. The number of hydrogen-bond acceptors (Lipinski definition) is 4. The largest absolute Gasteiger partial charge is 0.508 e. The van der Waals surface area contributed by atoms with Crippen molar-refractivity contribution in [2.45, 2.75) is 58.0 Å². The second-order valence-electron chi connectivity index (χ2n) is 8.59. The fourth-order valence-corrected chi connectivity index (χ4v) is 4.31. The quantitative estimate of drug-likeness (QED) is 0.292. The number of phenolic OH excluding ortho intramolecular Hbond substituents is 1. The van der Waals surface area contributed by atoms with Gasteiger partial charge >= 0.3 is 0 Å². The molecule has 0 aromatic heterocycles. The molecule has 1 aromatic rings. The second kappa shape index (κ2) is 12.5. The summed E-state index contributed by atoms with van der Waals surface area (Å²) in [6, 6.07) is 4.22. The van der Waals surface area contributed by atoms with Gasteiger partial charge in [0.25, 0.3) is 0 Å². The number of nitrogens with zero attached hydrogens (tertiary/aromatic N) is 3. The van der Waals surface area contributed by atoms with E-state index in [0.717, 1.165) is 56.8 Å². The lowest BCUT2D eigenvalue weighted by atomic mass is 9.88. The number of rotatable bonds is 6. The van der Waals surface area contributed by atoms with E-state index in [1.165, 1.54) is 24.0 Å². The molecule has 1 fully saturated rings. The van der Waals surface area contributed by atoms with Crippen molar-refractivity contribution in [1.82, 2.24) is 20.4 Å². The van der Waals surface area contributed by atoms with E-state index >= 15 is 0 Å². The molecule has 0 unspecified atom stereocenters. The van der Waals surface area contributed by atoms with Crippen LogP contribution in [0.1, 0.15) is 49.3 Å². The molecule has 3 rings (SSSR count). The first-order chi connectivity index (χ1) is 14.5. The zero-order valence-corrected chi connectivity index (χ0v) is 21.4. The fraction of sp³-hybridized carbons (Fsp3) is 0.652. The Morgan fingerprint density at radius 2 is 1.94 bits per heavy atom. The smallest absolute Gasteiger partial charge is 0.236 e. The van der Waals surface area contributed by atoms with Gasteiger partial charge in [-0.1, -0.05) is 6.07 Å². The topological polar surface area (TPSA) is 80.2 Å². The number of nitrogens with one attached hydrogen (secondary N) is 2. The number of amides is 1. The van der Waals surface area contributed by atoms with Crippen molar-refractivity contribution in [2.24, 2.45) is 4.99 Å². The summed E-state index contributed by atoms with van der Waals surface area (Å²) in [6.07, 6.45) is 6.50. The van der Waals surface area contributed by atoms with Crippen molar-refractivity contribution in [2.75, 3.05) is 40.3 Å². The summed E-state index contributed by atoms with van der Waals surface area (Å²) in [7, 11) is 3.61. The van der Waals surface area contributed by atoms with Crippen LogP contribution in [-0.2, 0) is 24.2 Å². The molecule has 2 aliphatic rings. The molecule has 0 radical (unpaired) electrons. The highest BCUT2D eigenvalue weighted by Gasteiger charge is 2.22. The van der Waals surface area contributed by atoms with Gasteiger partial charge in [0.1, 0.15) is 5.75 Å². The van der Waals surface area contributed by atoms with E-state index in [1.807, 2.05) is 6.07 Å².